The molecule has 0 saturated heterocycles. The summed E-state index contributed by atoms with van der Waals surface area (Å²) in [6.07, 6.45) is 9.07. The van der Waals surface area contributed by atoms with Gasteiger partial charge >= 0.3 is 0 Å². The van der Waals surface area contributed by atoms with Crippen molar-refractivity contribution in [1.82, 2.24) is 0 Å². The van der Waals surface area contributed by atoms with E-state index in [9.17, 15) is 4.79 Å². The Hall–Kier alpha value is -0.850. The molecule has 0 heterocycles. The summed E-state index contributed by atoms with van der Waals surface area (Å²) >= 11 is 0. The first-order valence-corrected chi connectivity index (χ1v) is 4.54. The fourth-order valence-electron chi connectivity index (χ4n) is 1.45. The van der Waals surface area contributed by atoms with Crippen LogP contribution in [-0.4, -0.2) is 5.78 Å². The lowest BCUT2D eigenvalue weighted by Gasteiger charge is -2.14. The molecular formula is C11H16O. The van der Waals surface area contributed by atoms with Crippen LogP contribution in [0.2, 0.25) is 0 Å². The fourth-order valence-corrected chi connectivity index (χ4v) is 1.45. The molecule has 0 aliphatic heterocycles. The van der Waals surface area contributed by atoms with Crippen LogP contribution in [0.3, 0.4) is 0 Å². The van der Waals surface area contributed by atoms with Gasteiger partial charge in [0.15, 0.2) is 5.78 Å². The van der Waals surface area contributed by atoms with Gasteiger partial charge in [0.1, 0.15) is 0 Å². The third-order valence-corrected chi connectivity index (χ3v) is 2.10. The van der Waals surface area contributed by atoms with Crippen molar-refractivity contribution >= 4 is 5.78 Å². The Morgan fingerprint density at radius 3 is 2.67 bits per heavy atom. The Kier molecular flexibility index (Phi) is 3.27. The minimum Gasteiger partial charge on any atom is -0.295 e. The second kappa shape index (κ2) is 4.24. The van der Waals surface area contributed by atoms with Gasteiger partial charge < -0.3 is 0 Å². The van der Waals surface area contributed by atoms with Crippen molar-refractivity contribution in [2.75, 3.05) is 0 Å². The largest absolute Gasteiger partial charge is 0.295 e. The van der Waals surface area contributed by atoms with E-state index in [2.05, 4.69) is 12.2 Å². The second-order valence-electron chi connectivity index (χ2n) is 3.61. The summed E-state index contributed by atoms with van der Waals surface area (Å²) < 4.78 is 0. The number of carbonyl (C=O) groups excluding carboxylic acids is 1. The topological polar surface area (TPSA) is 17.1 Å². The monoisotopic (exact) mass is 164 g/mol. The smallest absolute Gasteiger partial charge is 0.159 e. The lowest BCUT2D eigenvalue weighted by molar-refractivity contribution is -0.118. The first kappa shape index (κ1) is 9.24. The summed E-state index contributed by atoms with van der Waals surface area (Å²) in [5.41, 5.74) is 1.11. The van der Waals surface area contributed by atoms with Crippen molar-refractivity contribution in [2.24, 2.45) is 5.92 Å². The minimum atomic E-state index is 0.255. The number of hydrogen-bond acceptors (Lipinski definition) is 1. The average molecular weight is 164 g/mol. The summed E-state index contributed by atoms with van der Waals surface area (Å²) in [5, 5.41) is 0. The fraction of sp³-hybridized carbons (Fsp3) is 0.545. The highest BCUT2D eigenvalue weighted by atomic mass is 16.1. The van der Waals surface area contributed by atoms with Gasteiger partial charge in [-0.05, 0) is 39.2 Å². The lowest BCUT2D eigenvalue weighted by atomic mass is 9.90. The van der Waals surface area contributed by atoms with E-state index in [1.807, 2.05) is 13.8 Å². The number of ketones is 1. The van der Waals surface area contributed by atoms with Crippen LogP contribution in [0, 0.1) is 5.92 Å². The quantitative estimate of drug-likeness (QED) is 0.453. The molecule has 66 valence electrons. The molecule has 0 saturated carbocycles. The summed E-state index contributed by atoms with van der Waals surface area (Å²) in [6.45, 7) is 3.94. The van der Waals surface area contributed by atoms with Crippen molar-refractivity contribution in [3.63, 3.8) is 0 Å². The Labute approximate surface area is 74.2 Å². The zero-order chi connectivity index (χ0) is 8.97. The molecular weight excluding hydrogens is 148 g/mol. The second-order valence-corrected chi connectivity index (χ2v) is 3.61. The van der Waals surface area contributed by atoms with Gasteiger partial charge in [-0.1, -0.05) is 17.7 Å². The molecule has 1 nitrogen and oxygen atoms in total. The van der Waals surface area contributed by atoms with Crippen LogP contribution < -0.4 is 0 Å². The van der Waals surface area contributed by atoms with Crippen LogP contribution in [0.1, 0.15) is 33.1 Å². The molecule has 0 N–H and O–H groups in total. The molecule has 0 aromatic heterocycles. The molecule has 1 aliphatic carbocycles. The zero-order valence-corrected chi connectivity index (χ0v) is 7.84. The van der Waals surface area contributed by atoms with E-state index in [0.29, 0.717) is 5.78 Å². The Morgan fingerprint density at radius 2 is 2.17 bits per heavy atom. The summed E-state index contributed by atoms with van der Waals surface area (Å²) in [5.74, 6) is 0.559. The predicted molar refractivity (Wildman–Crippen MR) is 50.9 cm³/mol. The van der Waals surface area contributed by atoms with E-state index in [0.717, 1.165) is 24.8 Å². The molecule has 0 bridgehead atoms. The molecule has 1 aliphatic rings. The van der Waals surface area contributed by atoms with E-state index in [1.165, 1.54) is 0 Å². The van der Waals surface area contributed by atoms with Crippen LogP contribution >= 0.6 is 0 Å². The van der Waals surface area contributed by atoms with Crippen molar-refractivity contribution in [3.8, 4) is 0 Å². The van der Waals surface area contributed by atoms with Crippen LogP contribution in [0.4, 0.5) is 0 Å². The highest BCUT2D eigenvalue weighted by Gasteiger charge is 2.15. The van der Waals surface area contributed by atoms with Crippen molar-refractivity contribution in [3.05, 3.63) is 23.8 Å². The maximum Gasteiger partial charge on any atom is 0.159 e. The third-order valence-electron chi connectivity index (χ3n) is 2.10. The van der Waals surface area contributed by atoms with Crippen LogP contribution in [0.15, 0.2) is 23.8 Å². The van der Waals surface area contributed by atoms with Crippen molar-refractivity contribution < 1.29 is 4.79 Å². The normalized spacial score (nSPS) is 22.0. The molecule has 1 heteroatoms. The summed E-state index contributed by atoms with van der Waals surface area (Å²) in [7, 11) is 0. The van der Waals surface area contributed by atoms with Gasteiger partial charge in [-0.15, -0.1) is 0 Å². The minimum absolute atomic E-state index is 0.255. The highest BCUT2D eigenvalue weighted by molar-refractivity contribution is 5.92. The molecule has 0 fully saturated rings. The van der Waals surface area contributed by atoms with E-state index in [-0.39, 0.29) is 5.92 Å². The zero-order valence-electron chi connectivity index (χ0n) is 7.84. The number of carbonyl (C=O) groups is 1. The number of rotatable bonds is 2. The molecule has 1 rings (SSSR count). The van der Waals surface area contributed by atoms with Gasteiger partial charge in [0, 0.05) is 5.92 Å². The van der Waals surface area contributed by atoms with Gasteiger partial charge in [-0.25, -0.2) is 0 Å². The SMILES string of the molecule is CC(C)=CC(=O)C1CC=CCC1. The van der Waals surface area contributed by atoms with E-state index < -0.39 is 0 Å². The van der Waals surface area contributed by atoms with Gasteiger partial charge in [0.2, 0.25) is 0 Å². The lowest BCUT2D eigenvalue weighted by Crippen LogP contribution is -2.13. The Bertz CT molecular complexity index is 219. The Morgan fingerprint density at radius 1 is 1.42 bits per heavy atom. The van der Waals surface area contributed by atoms with E-state index >= 15 is 0 Å². The maximum atomic E-state index is 11.5. The van der Waals surface area contributed by atoms with Crippen LogP contribution in [0.5, 0.6) is 0 Å². The number of allylic oxidation sites excluding steroid dienone is 4. The van der Waals surface area contributed by atoms with Gasteiger partial charge in [0.25, 0.3) is 0 Å². The summed E-state index contributed by atoms with van der Waals surface area (Å²) in [4.78, 5) is 11.5. The molecule has 0 amide bonds. The first-order valence-electron chi connectivity index (χ1n) is 4.54. The molecule has 0 radical (unpaired) electrons. The first-order chi connectivity index (χ1) is 5.70. The third kappa shape index (κ3) is 2.65. The highest BCUT2D eigenvalue weighted by Crippen LogP contribution is 2.19. The number of hydrogen-bond donors (Lipinski definition) is 0. The summed E-state index contributed by atoms with van der Waals surface area (Å²) in [6, 6.07) is 0. The molecule has 12 heavy (non-hydrogen) atoms. The molecule has 0 aromatic carbocycles. The molecule has 0 spiro atoms. The van der Waals surface area contributed by atoms with Gasteiger partial charge in [0.05, 0.1) is 0 Å². The average Bonchev–Trinajstić information content (AvgIpc) is 2.05. The molecule has 1 atom stereocenters. The van der Waals surface area contributed by atoms with E-state index in [1.54, 1.807) is 6.08 Å². The molecule has 1 unspecified atom stereocenters. The van der Waals surface area contributed by atoms with Gasteiger partial charge in [-0.3, -0.25) is 4.79 Å². The molecule has 0 aromatic rings. The predicted octanol–water partition coefficient (Wildman–Crippen LogP) is 2.88. The van der Waals surface area contributed by atoms with Crippen molar-refractivity contribution in [2.45, 2.75) is 33.1 Å². The van der Waals surface area contributed by atoms with E-state index in [4.69, 9.17) is 0 Å². The van der Waals surface area contributed by atoms with Crippen molar-refractivity contribution in [1.29, 1.82) is 0 Å². The van der Waals surface area contributed by atoms with Crippen LogP contribution in [-0.2, 0) is 4.79 Å². The maximum absolute atomic E-state index is 11.5. The standard InChI is InChI=1S/C11H16O/c1-9(2)8-11(12)10-6-4-3-5-7-10/h3-4,8,10H,5-7H2,1-2H3. The van der Waals surface area contributed by atoms with Gasteiger partial charge in [-0.2, -0.15) is 0 Å². The van der Waals surface area contributed by atoms with Crippen LogP contribution in [0.25, 0.3) is 0 Å². The Balaban J connectivity index is 2.53.